The number of aromatic amines is 1. The van der Waals surface area contributed by atoms with Gasteiger partial charge in [-0.1, -0.05) is 6.07 Å². The highest BCUT2D eigenvalue weighted by Crippen LogP contribution is 2.56. The minimum Gasteiger partial charge on any atom is -0.377 e. The van der Waals surface area contributed by atoms with Crippen LogP contribution in [0.4, 0.5) is 22.0 Å². The molecule has 0 unspecified atom stereocenters. The van der Waals surface area contributed by atoms with E-state index in [0.717, 1.165) is 38.5 Å². The summed E-state index contributed by atoms with van der Waals surface area (Å²) in [4.78, 5) is 15.1. The van der Waals surface area contributed by atoms with E-state index < -0.39 is 56.7 Å². The first-order valence-corrected chi connectivity index (χ1v) is 11.7. The largest absolute Gasteiger partial charge is 0.419 e. The van der Waals surface area contributed by atoms with Crippen molar-refractivity contribution < 1.29 is 35.6 Å². The van der Waals surface area contributed by atoms with Crippen LogP contribution in [0.2, 0.25) is 0 Å². The van der Waals surface area contributed by atoms with Gasteiger partial charge < -0.3 is 14.5 Å². The maximum Gasteiger partial charge on any atom is 0.419 e. The van der Waals surface area contributed by atoms with Gasteiger partial charge in [0.1, 0.15) is 17.1 Å². The molecule has 1 aliphatic rings. The first-order chi connectivity index (χ1) is 15.0. The van der Waals surface area contributed by atoms with Crippen LogP contribution in [0.1, 0.15) is 41.5 Å². The zero-order valence-electron chi connectivity index (χ0n) is 18.4. The summed E-state index contributed by atoms with van der Waals surface area (Å²) >= 11 is 0. The zero-order chi connectivity index (χ0) is 25.1. The molecule has 2 heterocycles. The fraction of sp³-hybridized carbons (Fsp3) is 0.476. The van der Waals surface area contributed by atoms with Crippen LogP contribution in [-0.4, -0.2) is 40.4 Å². The first kappa shape index (κ1) is 25.3. The Bertz CT molecular complexity index is 1260. The number of methoxy groups -OCH3 is 1. The molecule has 1 saturated heterocycles. The van der Waals surface area contributed by atoms with Crippen molar-refractivity contribution in [2.45, 2.75) is 55.6 Å². The molecular formula is C21H23F5N2O4S. The van der Waals surface area contributed by atoms with Crippen LogP contribution < -0.4 is 5.43 Å². The van der Waals surface area contributed by atoms with Crippen LogP contribution >= 0.6 is 0 Å². The second kappa shape index (κ2) is 8.17. The van der Waals surface area contributed by atoms with E-state index >= 15 is 0 Å². The average molecular weight is 494 g/mol. The van der Waals surface area contributed by atoms with Crippen LogP contribution in [0, 0.1) is 30.3 Å². The van der Waals surface area contributed by atoms with Gasteiger partial charge in [-0.25, -0.2) is 17.8 Å². The highest BCUT2D eigenvalue weighted by Gasteiger charge is 2.67. The molecule has 12 heteroatoms. The number of hydrogen-bond acceptors (Lipinski definition) is 5. The molecule has 6 nitrogen and oxygen atoms in total. The van der Waals surface area contributed by atoms with Crippen LogP contribution in [0.5, 0.6) is 0 Å². The second-order valence-electron chi connectivity index (χ2n) is 8.29. The zero-order valence-corrected chi connectivity index (χ0v) is 19.2. The predicted octanol–water partition coefficient (Wildman–Crippen LogP) is 4.50. The Morgan fingerprint density at radius 3 is 2.33 bits per heavy atom. The molecule has 182 valence electrons. The van der Waals surface area contributed by atoms with Crippen LogP contribution in [0.15, 0.2) is 27.9 Å². The minimum atomic E-state index is -4.92. The lowest BCUT2D eigenvalue weighted by Crippen LogP contribution is -2.51. The number of aryl methyl sites for hydroxylation is 1. The number of H-pyrrole nitrogens is 1. The molecule has 1 aromatic heterocycles. The second-order valence-corrected chi connectivity index (χ2v) is 10.4. The molecule has 1 aromatic carbocycles. The summed E-state index contributed by atoms with van der Waals surface area (Å²) < 4.78 is 101. The van der Waals surface area contributed by atoms with Crippen molar-refractivity contribution in [2.75, 3.05) is 13.4 Å². The number of halogens is 5. The molecule has 0 radical (unpaired) electrons. The van der Waals surface area contributed by atoms with Crippen molar-refractivity contribution in [3.05, 3.63) is 62.6 Å². The Morgan fingerprint density at radius 2 is 1.85 bits per heavy atom. The highest BCUT2D eigenvalue weighted by molar-refractivity contribution is 7.91. The molecule has 33 heavy (non-hydrogen) atoms. The molecule has 5 atom stereocenters. The third kappa shape index (κ3) is 4.08. The number of alkyl halides is 3. The van der Waals surface area contributed by atoms with Crippen LogP contribution in [0.25, 0.3) is 0 Å². The van der Waals surface area contributed by atoms with Gasteiger partial charge in [-0.2, -0.15) is 13.2 Å². The summed E-state index contributed by atoms with van der Waals surface area (Å²) in [6.07, 6.45) is -7.03. The lowest BCUT2D eigenvalue weighted by molar-refractivity contribution is -0.286. The van der Waals surface area contributed by atoms with Crippen molar-refractivity contribution in [3.8, 4) is 0 Å². The van der Waals surface area contributed by atoms with E-state index in [9.17, 15) is 31.0 Å². The van der Waals surface area contributed by atoms with E-state index in [1.807, 2.05) is 0 Å². The van der Waals surface area contributed by atoms with Crippen molar-refractivity contribution in [1.82, 2.24) is 4.98 Å². The fourth-order valence-corrected chi connectivity index (χ4v) is 5.53. The van der Waals surface area contributed by atoms with Crippen molar-refractivity contribution in [3.63, 3.8) is 0 Å². The number of aromatic nitrogens is 1. The number of rotatable bonds is 4. The van der Waals surface area contributed by atoms with E-state index in [1.165, 1.54) is 13.8 Å². The summed E-state index contributed by atoms with van der Waals surface area (Å²) in [6.45, 7) is 3.37. The topological polar surface area (TPSA) is 92.2 Å². The SMILES string of the molecule is CO[C@H]1[C@@H](c2ccc(F)c(F)c2C)[C@H](c2cc(=O)c([S@@](C)(=N)=O)c(C)[nH]2)O[C@@]1(C)C(F)(F)F. The third-order valence-corrected chi connectivity index (χ3v) is 7.29. The Balaban J connectivity index is 2.31. The molecule has 3 rings (SSSR count). The quantitative estimate of drug-likeness (QED) is 0.613. The van der Waals surface area contributed by atoms with Crippen molar-refractivity contribution >= 4 is 9.73 Å². The Morgan fingerprint density at radius 1 is 1.24 bits per heavy atom. The average Bonchev–Trinajstić information content (AvgIpc) is 2.98. The van der Waals surface area contributed by atoms with Gasteiger partial charge in [-0.3, -0.25) is 4.79 Å². The molecular weight excluding hydrogens is 471 g/mol. The summed E-state index contributed by atoms with van der Waals surface area (Å²) in [6, 6.07) is 2.88. The molecule has 0 spiro atoms. The normalized spacial score (nSPS) is 27.5. The van der Waals surface area contributed by atoms with Gasteiger partial charge in [-0.15, -0.1) is 0 Å². The Hall–Kier alpha value is -2.31. The lowest BCUT2D eigenvalue weighted by atomic mass is 9.81. The van der Waals surface area contributed by atoms with Crippen LogP contribution in [-0.2, 0) is 19.2 Å². The van der Waals surface area contributed by atoms with Gasteiger partial charge in [0.05, 0.1) is 9.73 Å². The molecule has 1 fully saturated rings. The molecule has 0 amide bonds. The third-order valence-electron chi connectivity index (χ3n) is 6.00. The van der Waals surface area contributed by atoms with Crippen molar-refractivity contribution in [1.29, 1.82) is 4.78 Å². The van der Waals surface area contributed by atoms with E-state index in [-0.39, 0.29) is 27.4 Å². The van der Waals surface area contributed by atoms with Gasteiger partial charge in [0.2, 0.25) is 0 Å². The molecule has 0 bridgehead atoms. The first-order valence-electron chi connectivity index (χ1n) is 9.74. The van der Waals surface area contributed by atoms with E-state index in [2.05, 4.69) is 4.98 Å². The summed E-state index contributed by atoms with van der Waals surface area (Å²) in [7, 11) is -2.38. The summed E-state index contributed by atoms with van der Waals surface area (Å²) in [5.74, 6) is -3.68. The van der Waals surface area contributed by atoms with E-state index in [4.69, 9.17) is 14.3 Å². The van der Waals surface area contributed by atoms with E-state index in [0.29, 0.717) is 0 Å². The lowest BCUT2D eigenvalue weighted by Gasteiger charge is -2.33. The van der Waals surface area contributed by atoms with Gasteiger partial charge in [0, 0.05) is 36.7 Å². The number of ether oxygens (including phenoxy) is 2. The Kier molecular flexibility index (Phi) is 6.27. The number of benzene rings is 1. The number of hydrogen-bond donors (Lipinski definition) is 2. The molecule has 1 aliphatic heterocycles. The summed E-state index contributed by atoms with van der Waals surface area (Å²) in [5.41, 5.74) is -3.96. The van der Waals surface area contributed by atoms with Crippen LogP contribution in [0.3, 0.4) is 0 Å². The molecule has 2 aromatic rings. The fourth-order valence-electron chi connectivity index (χ4n) is 4.45. The van der Waals surface area contributed by atoms with Gasteiger partial charge in [0.15, 0.2) is 22.7 Å². The highest BCUT2D eigenvalue weighted by atomic mass is 32.2. The maximum absolute atomic E-state index is 14.4. The molecule has 0 saturated carbocycles. The molecule has 2 N–H and O–H groups in total. The van der Waals surface area contributed by atoms with Crippen molar-refractivity contribution in [2.24, 2.45) is 0 Å². The summed E-state index contributed by atoms with van der Waals surface area (Å²) in [5, 5.41) is 0. The minimum absolute atomic E-state index is 0.0149. The molecule has 0 aliphatic carbocycles. The van der Waals surface area contributed by atoms with E-state index in [1.54, 1.807) is 0 Å². The monoisotopic (exact) mass is 494 g/mol. The maximum atomic E-state index is 14.4. The Labute approximate surface area is 187 Å². The van der Waals surface area contributed by atoms with Gasteiger partial charge >= 0.3 is 6.18 Å². The number of pyridine rings is 1. The predicted molar refractivity (Wildman–Crippen MR) is 110 cm³/mol. The number of nitrogens with one attached hydrogen (secondary N) is 2. The van der Waals surface area contributed by atoms with Gasteiger partial charge in [-0.05, 0) is 38.0 Å². The standard InChI is InChI=1S/C21H23F5N2O4S/c1-9-11(6-7-12(22)16(9)23)15-17(32-20(3,19(15)31-4)21(24,25)26)13-8-14(29)18(10(2)28-13)33(5,27)30/h6-8,15,17,19,27H,1-5H3,(H,28,29)/t15-,17-,19-,20+,33-/m0/s1. The smallest absolute Gasteiger partial charge is 0.377 e. The van der Waals surface area contributed by atoms with Gasteiger partial charge in [0.25, 0.3) is 0 Å².